The summed E-state index contributed by atoms with van der Waals surface area (Å²) in [6.45, 7) is 1.99. The fourth-order valence-corrected chi connectivity index (χ4v) is 2.84. The second-order valence-corrected chi connectivity index (χ2v) is 6.28. The normalized spacial score (nSPS) is 13.0. The van der Waals surface area contributed by atoms with E-state index in [0.717, 1.165) is 0 Å². The number of hydrogen-bond acceptors (Lipinski definition) is 5. The Bertz CT molecular complexity index is 520. The van der Waals surface area contributed by atoms with Crippen LogP contribution in [-0.4, -0.2) is 25.2 Å². The molecule has 1 atom stereocenters. The van der Waals surface area contributed by atoms with Crippen molar-refractivity contribution in [2.75, 3.05) is 6.54 Å². The summed E-state index contributed by atoms with van der Waals surface area (Å²) < 4.78 is 23.9. The Morgan fingerprint density at radius 3 is 2.88 bits per heavy atom. The molecule has 1 rings (SSSR count). The van der Waals surface area contributed by atoms with Crippen molar-refractivity contribution in [2.45, 2.75) is 24.3 Å². The number of pyridine rings is 1. The molecule has 1 unspecified atom stereocenters. The summed E-state index contributed by atoms with van der Waals surface area (Å²) >= 11 is 0. The molecule has 0 aliphatic heterocycles. The molecule has 0 aromatic carbocycles. The molecule has 17 heavy (non-hydrogen) atoms. The Hall–Kier alpha value is -1.45. The summed E-state index contributed by atoms with van der Waals surface area (Å²) in [6.07, 6.45) is 1.88. The van der Waals surface area contributed by atoms with Crippen LogP contribution in [0.5, 0.6) is 0 Å². The molecular formula is C11H15N3O2S. The van der Waals surface area contributed by atoms with Gasteiger partial charge in [0.05, 0.1) is 11.0 Å². The molecule has 0 fully saturated rings. The summed E-state index contributed by atoms with van der Waals surface area (Å²) in [5.41, 5.74) is 6.16. The van der Waals surface area contributed by atoms with E-state index in [0.29, 0.717) is 18.5 Å². The monoisotopic (exact) mass is 253 g/mol. The lowest BCUT2D eigenvalue weighted by Gasteiger charge is -2.11. The zero-order chi connectivity index (χ0) is 12.9. The van der Waals surface area contributed by atoms with Crippen molar-refractivity contribution in [3.8, 4) is 6.07 Å². The molecule has 0 bridgehead atoms. The van der Waals surface area contributed by atoms with Gasteiger partial charge in [-0.2, -0.15) is 5.26 Å². The third-order valence-corrected chi connectivity index (χ3v) is 4.69. The van der Waals surface area contributed by atoms with Crippen molar-refractivity contribution in [1.82, 2.24) is 4.98 Å². The molecule has 0 saturated carbocycles. The van der Waals surface area contributed by atoms with E-state index < -0.39 is 15.1 Å². The van der Waals surface area contributed by atoms with Crippen molar-refractivity contribution < 1.29 is 8.42 Å². The van der Waals surface area contributed by atoms with Gasteiger partial charge in [-0.15, -0.1) is 0 Å². The van der Waals surface area contributed by atoms with Crippen LogP contribution in [0.15, 0.2) is 18.3 Å². The van der Waals surface area contributed by atoms with Crippen LogP contribution >= 0.6 is 0 Å². The number of nitriles is 1. The summed E-state index contributed by atoms with van der Waals surface area (Å²) in [4.78, 5) is 3.79. The zero-order valence-electron chi connectivity index (χ0n) is 9.63. The number of aromatic nitrogens is 1. The molecule has 6 heteroatoms. The van der Waals surface area contributed by atoms with Crippen LogP contribution in [0, 0.1) is 11.3 Å². The van der Waals surface area contributed by atoms with Crippen LogP contribution in [0.3, 0.4) is 0 Å². The number of sulfone groups is 1. The third-order valence-electron chi connectivity index (χ3n) is 2.49. The van der Waals surface area contributed by atoms with E-state index in [1.807, 2.05) is 6.07 Å². The third kappa shape index (κ3) is 3.80. The predicted molar refractivity (Wildman–Crippen MR) is 64.7 cm³/mol. The Morgan fingerprint density at radius 2 is 2.29 bits per heavy atom. The van der Waals surface area contributed by atoms with E-state index in [9.17, 15) is 8.42 Å². The second kappa shape index (κ2) is 5.75. The molecule has 1 heterocycles. The van der Waals surface area contributed by atoms with Gasteiger partial charge in [-0.05, 0) is 37.6 Å². The summed E-state index contributed by atoms with van der Waals surface area (Å²) in [5, 5.41) is 8.21. The van der Waals surface area contributed by atoms with Crippen molar-refractivity contribution in [3.05, 3.63) is 29.6 Å². The van der Waals surface area contributed by atoms with Crippen LogP contribution in [0.4, 0.5) is 0 Å². The fourth-order valence-electron chi connectivity index (χ4n) is 1.41. The Balaban J connectivity index is 2.87. The van der Waals surface area contributed by atoms with Crippen molar-refractivity contribution in [2.24, 2.45) is 5.73 Å². The highest BCUT2D eigenvalue weighted by Crippen LogP contribution is 2.13. The molecule has 92 valence electrons. The van der Waals surface area contributed by atoms with Gasteiger partial charge in [-0.1, -0.05) is 0 Å². The second-order valence-electron chi connectivity index (χ2n) is 3.86. The lowest BCUT2D eigenvalue weighted by atomic mass is 10.2. The quantitative estimate of drug-likeness (QED) is 0.829. The van der Waals surface area contributed by atoms with E-state index in [1.54, 1.807) is 13.0 Å². The summed E-state index contributed by atoms with van der Waals surface area (Å²) in [5.74, 6) is -0.0780. The number of hydrogen-bond donors (Lipinski definition) is 1. The maximum Gasteiger partial charge on any atom is 0.157 e. The highest BCUT2D eigenvalue weighted by Gasteiger charge is 2.20. The maximum absolute atomic E-state index is 11.9. The Kier molecular flexibility index (Phi) is 4.61. The van der Waals surface area contributed by atoms with Crippen LogP contribution < -0.4 is 5.73 Å². The van der Waals surface area contributed by atoms with Crippen LogP contribution in [0.2, 0.25) is 0 Å². The van der Waals surface area contributed by atoms with Gasteiger partial charge in [0.25, 0.3) is 0 Å². The molecular weight excluding hydrogens is 238 g/mol. The minimum atomic E-state index is -3.22. The molecule has 2 N–H and O–H groups in total. The molecule has 0 spiro atoms. The highest BCUT2D eigenvalue weighted by atomic mass is 32.2. The van der Waals surface area contributed by atoms with Crippen LogP contribution in [0.1, 0.15) is 24.6 Å². The largest absolute Gasteiger partial charge is 0.330 e. The predicted octanol–water partition coefficient (Wildman–Crippen LogP) is 0.605. The minimum Gasteiger partial charge on any atom is -0.330 e. The Morgan fingerprint density at radius 1 is 1.59 bits per heavy atom. The summed E-state index contributed by atoms with van der Waals surface area (Å²) in [7, 11) is -3.22. The lowest BCUT2D eigenvalue weighted by molar-refractivity contribution is 0.577. The minimum absolute atomic E-state index is 0.0780. The molecule has 5 nitrogen and oxygen atoms in total. The maximum atomic E-state index is 11.9. The first-order valence-electron chi connectivity index (χ1n) is 5.26. The van der Waals surface area contributed by atoms with Gasteiger partial charge in [0, 0.05) is 6.20 Å². The molecule has 0 saturated heterocycles. The molecule has 0 radical (unpaired) electrons. The van der Waals surface area contributed by atoms with Crippen LogP contribution in [-0.2, 0) is 15.6 Å². The van der Waals surface area contributed by atoms with Gasteiger partial charge in [0.15, 0.2) is 9.84 Å². The van der Waals surface area contributed by atoms with Gasteiger partial charge < -0.3 is 5.73 Å². The smallest absolute Gasteiger partial charge is 0.157 e. The van der Waals surface area contributed by atoms with Crippen molar-refractivity contribution >= 4 is 9.84 Å². The average Bonchev–Trinajstić information content (AvgIpc) is 2.29. The first kappa shape index (κ1) is 13.6. The molecule has 1 aromatic rings. The first-order chi connectivity index (χ1) is 7.99. The van der Waals surface area contributed by atoms with E-state index in [1.165, 1.54) is 12.3 Å². The SMILES string of the molecule is CC(CCN)S(=O)(=O)Cc1ccnc(C#N)c1. The highest BCUT2D eigenvalue weighted by molar-refractivity contribution is 7.91. The molecule has 1 aromatic heterocycles. The van der Waals surface area contributed by atoms with Crippen LogP contribution in [0.25, 0.3) is 0 Å². The standard InChI is InChI=1S/C11H15N3O2S/c1-9(2-4-12)17(15,16)8-10-3-5-14-11(6-10)7-13/h3,5-6,9H,2,4,8,12H2,1H3. The van der Waals surface area contributed by atoms with Gasteiger partial charge in [0.1, 0.15) is 11.8 Å². The number of nitrogens with zero attached hydrogens (tertiary/aromatic N) is 2. The van der Waals surface area contributed by atoms with E-state index in [4.69, 9.17) is 11.0 Å². The van der Waals surface area contributed by atoms with E-state index in [2.05, 4.69) is 4.98 Å². The van der Waals surface area contributed by atoms with Crippen molar-refractivity contribution in [3.63, 3.8) is 0 Å². The van der Waals surface area contributed by atoms with E-state index in [-0.39, 0.29) is 11.4 Å². The molecule has 0 amide bonds. The fraction of sp³-hybridized carbons (Fsp3) is 0.455. The van der Waals surface area contributed by atoms with Gasteiger partial charge in [-0.25, -0.2) is 13.4 Å². The topological polar surface area (TPSA) is 96.8 Å². The van der Waals surface area contributed by atoms with Gasteiger partial charge >= 0.3 is 0 Å². The molecule has 0 aliphatic rings. The average molecular weight is 253 g/mol. The number of rotatable bonds is 5. The molecule has 0 aliphatic carbocycles. The number of nitrogens with two attached hydrogens (primary N) is 1. The van der Waals surface area contributed by atoms with Crippen molar-refractivity contribution in [1.29, 1.82) is 5.26 Å². The van der Waals surface area contributed by atoms with Gasteiger partial charge in [-0.3, -0.25) is 0 Å². The first-order valence-corrected chi connectivity index (χ1v) is 6.98. The van der Waals surface area contributed by atoms with Gasteiger partial charge in [0.2, 0.25) is 0 Å². The summed E-state index contributed by atoms with van der Waals surface area (Å²) in [6, 6.07) is 4.98. The van der Waals surface area contributed by atoms with E-state index >= 15 is 0 Å². The lowest BCUT2D eigenvalue weighted by Crippen LogP contribution is -2.22. The zero-order valence-corrected chi connectivity index (χ0v) is 10.4. The Labute approximate surface area is 101 Å².